The van der Waals surface area contributed by atoms with E-state index in [1.807, 2.05) is 36.4 Å². The average Bonchev–Trinajstić information content (AvgIpc) is 2.38. The summed E-state index contributed by atoms with van der Waals surface area (Å²) in [6.07, 6.45) is 0. The summed E-state index contributed by atoms with van der Waals surface area (Å²) in [5, 5.41) is 5.07. The van der Waals surface area contributed by atoms with Gasteiger partial charge < -0.3 is 16.8 Å². The number of anilines is 1. The molecule has 0 saturated heterocycles. The molecule has 2 rings (SSSR count). The van der Waals surface area contributed by atoms with Crippen LogP contribution in [0.15, 0.2) is 36.4 Å². The minimum atomic E-state index is -0.840. The van der Waals surface area contributed by atoms with E-state index in [4.69, 9.17) is 23.7 Å². The molecular formula is C15H17N3OS. The van der Waals surface area contributed by atoms with Crippen LogP contribution in [-0.2, 0) is 4.79 Å². The summed E-state index contributed by atoms with van der Waals surface area (Å²) in [6, 6.07) is 11.5. The summed E-state index contributed by atoms with van der Waals surface area (Å²) in [5.74, 6) is -0.417. The summed E-state index contributed by atoms with van der Waals surface area (Å²) < 4.78 is 0. The first kappa shape index (κ1) is 14.3. The van der Waals surface area contributed by atoms with Crippen LogP contribution in [0.1, 0.15) is 19.4 Å². The molecule has 20 heavy (non-hydrogen) atoms. The van der Waals surface area contributed by atoms with E-state index in [0.717, 1.165) is 22.0 Å². The highest BCUT2D eigenvalue weighted by Gasteiger charge is 2.25. The molecule has 0 aromatic heterocycles. The maximum Gasteiger partial charge on any atom is 0.242 e. The zero-order valence-electron chi connectivity index (χ0n) is 11.4. The van der Waals surface area contributed by atoms with Gasteiger partial charge in [0.05, 0.1) is 0 Å². The molecule has 0 aliphatic rings. The molecule has 0 atom stereocenters. The lowest BCUT2D eigenvalue weighted by Crippen LogP contribution is -2.45. The van der Waals surface area contributed by atoms with E-state index in [9.17, 15) is 4.79 Å². The SMILES string of the molecule is CC(C)(Nc1ccc(C(N)=S)c2ccccc12)C(N)=O. The van der Waals surface area contributed by atoms with Crippen LogP contribution in [0, 0.1) is 0 Å². The van der Waals surface area contributed by atoms with Crippen LogP contribution in [0.4, 0.5) is 5.69 Å². The van der Waals surface area contributed by atoms with Gasteiger partial charge in [-0.3, -0.25) is 4.79 Å². The molecule has 0 unspecified atom stereocenters. The fraction of sp³-hybridized carbons (Fsp3) is 0.200. The standard InChI is InChI=1S/C15H17N3OS/c1-15(2,14(17)19)18-12-8-7-11(13(16)20)9-5-3-4-6-10(9)12/h3-8,18H,1-2H3,(H2,16,20)(H2,17,19). The Balaban J connectivity index is 2.60. The van der Waals surface area contributed by atoms with E-state index in [0.29, 0.717) is 4.99 Å². The molecule has 0 fully saturated rings. The molecule has 5 heteroatoms. The van der Waals surface area contributed by atoms with Crippen molar-refractivity contribution < 1.29 is 4.79 Å². The Morgan fingerprint density at radius 1 is 1.10 bits per heavy atom. The molecule has 0 bridgehead atoms. The van der Waals surface area contributed by atoms with Crippen LogP contribution in [-0.4, -0.2) is 16.4 Å². The van der Waals surface area contributed by atoms with Crippen LogP contribution in [0.2, 0.25) is 0 Å². The molecule has 4 nitrogen and oxygen atoms in total. The van der Waals surface area contributed by atoms with Crippen molar-refractivity contribution >= 4 is 39.6 Å². The number of nitrogens with two attached hydrogens (primary N) is 2. The number of carbonyl (C=O) groups is 1. The number of thiocarbonyl (C=S) groups is 1. The fourth-order valence-electron chi connectivity index (χ4n) is 2.02. The molecule has 104 valence electrons. The van der Waals surface area contributed by atoms with E-state index in [1.165, 1.54) is 0 Å². The second kappa shape index (κ2) is 5.09. The Morgan fingerprint density at radius 3 is 2.25 bits per heavy atom. The van der Waals surface area contributed by atoms with Gasteiger partial charge in [-0.2, -0.15) is 0 Å². The maximum atomic E-state index is 11.5. The Kier molecular flexibility index (Phi) is 3.63. The van der Waals surface area contributed by atoms with Gasteiger partial charge in [0.2, 0.25) is 5.91 Å². The predicted octanol–water partition coefficient (Wildman–Crippen LogP) is 2.15. The topological polar surface area (TPSA) is 81.1 Å². The number of hydrogen-bond acceptors (Lipinski definition) is 3. The zero-order valence-corrected chi connectivity index (χ0v) is 12.3. The normalized spacial score (nSPS) is 11.3. The zero-order chi connectivity index (χ0) is 14.9. The third-order valence-electron chi connectivity index (χ3n) is 3.25. The minimum Gasteiger partial charge on any atom is -0.389 e. The van der Waals surface area contributed by atoms with Crippen LogP contribution in [0.25, 0.3) is 10.8 Å². The van der Waals surface area contributed by atoms with Crippen molar-refractivity contribution in [3.05, 3.63) is 42.0 Å². The van der Waals surface area contributed by atoms with Gasteiger partial charge in [-0.05, 0) is 31.4 Å². The number of hydrogen-bond donors (Lipinski definition) is 3. The molecule has 0 radical (unpaired) electrons. The predicted molar refractivity (Wildman–Crippen MR) is 86.7 cm³/mol. The lowest BCUT2D eigenvalue weighted by molar-refractivity contribution is -0.121. The highest BCUT2D eigenvalue weighted by atomic mass is 32.1. The summed E-state index contributed by atoms with van der Waals surface area (Å²) in [4.78, 5) is 11.8. The number of nitrogens with one attached hydrogen (secondary N) is 1. The lowest BCUT2D eigenvalue weighted by atomic mass is 9.99. The smallest absolute Gasteiger partial charge is 0.242 e. The molecule has 0 spiro atoms. The monoisotopic (exact) mass is 287 g/mol. The molecule has 2 aromatic carbocycles. The van der Waals surface area contributed by atoms with Gasteiger partial charge in [0.1, 0.15) is 10.5 Å². The molecule has 0 heterocycles. The second-order valence-electron chi connectivity index (χ2n) is 5.18. The van der Waals surface area contributed by atoms with E-state index >= 15 is 0 Å². The number of amides is 1. The first-order valence-corrected chi connectivity index (χ1v) is 6.63. The van der Waals surface area contributed by atoms with E-state index < -0.39 is 11.4 Å². The van der Waals surface area contributed by atoms with Crippen LogP contribution >= 0.6 is 12.2 Å². The van der Waals surface area contributed by atoms with Crippen LogP contribution in [0.5, 0.6) is 0 Å². The summed E-state index contributed by atoms with van der Waals surface area (Å²) >= 11 is 5.07. The number of primary amides is 1. The third kappa shape index (κ3) is 2.58. The lowest BCUT2D eigenvalue weighted by Gasteiger charge is -2.25. The molecule has 0 aliphatic heterocycles. The second-order valence-corrected chi connectivity index (χ2v) is 5.62. The van der Waals surface area contributed by atoms with Crippen molar-refractivity contribution in [2.45, 2.75) is 19.4 Å². The van der Waals surface area contributed by atoms with Gasteiger partial charge in [-0.1, -0.05) is 36.5 Å². The number of benzene rings is 2. The van der Waals surface area contributed by atoms with E-state index in [-0.39, 0.29) is 0 Å². The largest absolute Gasteiger partial charge is 0.389 e. The highest BCUT2D eigenvalue weighted by molar-refractivity contribution is 7.80. The summed E-state index contributed by atoms with van der Waals surface area (Å²) in [7, 11) is 0. The van der Waals surface area contributed by atoms with Gasteiger partial charge in [0.15, 0.2) is 0 Å². The van der Waals surface area contributed by atoms with Crippen LogP contribution < -0.4 is 16.8 Å². The Morgan fingerprint density at radius 2 is 1.70 bits per heavy atom. The van der Waals surface area contributed by atoms with Gasteiger partial charge in [-0.25, -0.2) is 0 Å². The first-order chi connectivity index (χ1) is 9.33. The fourth-order valence-corrected chi connectivity index (χ4v) is 2.20. The van der Waals surface area contributed by atoms with Crippen molar-refractivity contribution in [1.82, 2.24) is 0 Å². The van der Waals surface area contributed by atoms with Gasteiger partial charge >= 0.3 is 0 Å². The molecule has 1 amide bonds. The molecule has 5 N–H and O–H groups in total. The van der Waals surface area contributed by atoms with Crippen molar-refractivity contribution in [3.8, 4) is 0 Å². The quantitative estimate of drug-likeness (QED) is 0.753. The molecule has 0 saturated carbocycles. The van der Waals surface area contributed by atoms with Gasteiger partial charge in [0.25, 0.3) is 0 Å². The van der Waals surface area contributed by atoms with Gasteiger partial charge in [-0.15, -0.1) is 0 Å². The Bertz CT molecular complexity index is 695. The van der Waals surface area contributed by atoms with Crippen molar-refractivity contribution in [3.63, 3.8) is 0 Å². The third-order valence-corrected chi connectivity index (χ3v) is 3.47. The molecule has 0 aliphatic carbocycles. The average molecular weight is 287 g/mol. The summed E-state index contributed by atoms with van der Waals surface area (Å²) in [6.45, 7) is 3.48. The summed E-state index contributed by atoms with van der Waals surface area (Å²) in [5.41, 5.74) is 11.9. The first-order valence-electron chi connectivity index (χ1n) is 6.22. The van der Waals surface area contributed by atoms with Crippen molar-refractivity contribution in [1.29, 1.82) is 0 Å². The number of rotatable bonds is 4. The molecular weight excluding hydrogens is 270 g/mol. The molecule has 2 aromatic rings. The Hall–Kier alpha value is -2.14. The van der Waals surface area contributed by atoms with E-state index in [2.05, 4.69) is 5.32 Å². The van der Waals surface area contributed by atoms with Gasteiger partial charge in [0, 0.05) is 16.6 Å². The minimum absolute atomic E-state index is 0.349. The van der Waals surface area contributed by atoms with Crippen molar-refractivity contribution in [2.24, 2.45) is 11.5 Å². The maximum absolute atomic E-state index is 11.5. The van der Waals surface area contributed by atoms with Crippen LogP contribution in [0.3, 0.4) is 0 Å². The van der Waals surface area contributed by atoms with E-state index in [1.54, 1.807) is 13.8 Å². The number of fused-ring (bicyclic) bond motifs is 1. The highest BCUT2D eigenvalue weighted by Crippen LogP contribution is 2.28. The van der Waals surface area contributed by atoms with Crippen molar-refractivity contribution in [2.75, 3.05) is 5.32 Å². The number of carbonyl (C=O) groups excluding carboxylic acids is 1. The Labute approximate surface area is 123 Å².